The molecule has 15 heteroatoms. The van der Waals surface area contributed by atoms with Gasteiger partial charge in [0.1, 0.15) is 11.6 Å². The SMILES string of the molecule is C[C@@H]1[C@H](NC(=O)N2CCN(C)CC2)CC2C(C)(C)CCC[C@]2(C)[C@H]1CCN.C[C@@H]1[C@H](NC(=O)N2CCN(C)CC2)CC2C(C)(C)CCC[C@]2(C)[C@H]1CCNC(=O)c1ccc(F)cc1.Fc1ccccc1.O=C=O. The Hall–Kier alpha value is -4.43. The number of rotatable bonds is 8. The number of piperazine rings is 2. The standard InChI is InChI=1S/C29H45FN4O2.C22H42N4O.C6H5F.CO2/c1-20-23(11-14-31-26(35)21-7-9-22(30)10-8-21)29(4)13-6-12-28(2,3)25(29)19-24(20)32-27(36)34-17-15-33(5)16-18-34;1-16-17(7-10-23)22(4)9-6-8-21(2,3)19(22)15-18(16)24-20(27)26-13-11-25(5)12-14-26;7-6-4-2-1-3-5-6;2-1-3/h7-10,20,23-25H,6,11-19H2,1-5H3,(H,31,35)(H,32,36);16-19H,6-15,23H2,1-5H3,(H,24,27);1-5H;/t20-,23-,24+,25?,29+;16-,17-,18+,19?,22+;;/m00../s1. The third-order valence-electron chi connectivity index (χ3n) is 19.0. The summed E-state index contributed by atoms with van der Waals surface area (Å²) < 4.78 is 25.2. The van der Waals surface area contributed by atoms with Crippen LogP contribution in [0.1, 0.15) is 130 Å². The molecule has 2 aromatic rings. The third-order valence-corrected chi connectivity index (χ3v) is 19.0. The van der Waals surface area contributed by atoms with E-state index < -0.39 is 0 Å². The van der Waals surface area contributed by atoms with E-state index >= 15 is 0 Å². The normalized spacial score (nSPS) is 31.6. The van der Waals surface area contributed by atoms with Crippen LogP contribution in [0.4, 0.5) is 18.4 Å². The summed E-state index contributed by atoms with van der Waals surface area (Å²) in [7, 11) is 4.23. The van der Waals surface area contributed by atoms with Crippen molar-refractivity contribution in [3.8, 4) is 0 Å². The fourth-order valence-electron chi connectivity index (χ4n) is 14.8. The molecule has 2 heterocycles. The average molecular weight is 1020 g/mol. The highest BCUT2D eigenvalue weighted by atomic mass is 19.1. The van der Waals surface area contributed by atoms with Gasteiger partial charge in [0.2, 0.25) is 0 Å². The number of nitrogens with two attached hydrogens (primary N) is 1. The van der Waals surface area contributed by atoms with Crippen LogP contribution >= 0.6 is 0 Å². The first kappa shape index (κ1) is 59.4. The van der Waals surface area contributed by atoms with E-state index in [-0.39, 0.29) is 58.7 Å². The van der Waals surface area contributed by atoms with E-state index in [1.165, 1.54) is 74.9 Å². The summed E-state index contributed by atoms with van der Waals surface area (Å²) in [5.74, 6) is 2.28. The molecule has 8 rings (SSSR count). The highest BCUT2D eigenvalue weighted by molar-refractivity contribution is 5.94. The van der Waals surface area contributed by atoms with Crippen molar-refractivity contribution in [2.24, 2.45) is 62.9 Å². The number of nitrogens with one attached hydrogen (secondary N) is 3. The fourth-order valence-corrected chi connectivity index (χ4v) is 14.8. The summed E-state index contributed by atoms with van der Waals surface area (Å²) in [5, 5.41) is 9.97. The van der Waals surface area contributed by atoms with Gasteiger partial charge >= 0.3 is 18.2 Å². The van der Waals surface area contributed by atoms with Gasteiger partial charge in [-0.05, 0) is 166 Å². The van der Waals surface area contributed by atoms with Crippen LogP contribution in [-0.2, 0) is 9.59 Å². The van der Waals surface area contributed by atoms with Gasteiger partial charge in [-0.25, -0.2) is 18.4 Å². The lowest BCUT2D eigenvalue weighted by Gasteiger charge is -2.61. The molecule has 4 aliphatic carbocycles. The van der Waals surface area contributed by atoms with Gasteiger partial charge in [-0.2, -0.15) is 9.59 Å². The zero-order valence-corrected chi connectivity index (χ0v) is 46.1. The van der Waals surface area contributed by atoms with Crippen molar-refractivity contribution in [2.75, 3.05) is 79.5 Å². The Kier molecular flexibility index (Phi) is 21.5. The molecule has 2 aliphatic heterocycles. The van der Waals surface area contributed by atoms with Gasteiger partial charge in [-0.3, -0.25) is 4.79 Å². The zero-order chi connectivity index (χ0) is 53.7. The number of benzene rings is 2. The predicted octanol–water partition coefficient (Wildman–Crippen LogP) is 9.15. The topological polar surface area (TPSA) is 160 Å². The average Bonchev–Trinajstić information content (AvgIpc) is 3.34. The molecule has 6 aliphatic rings. The van der Waals surface area contributed by atoms with Crippen molar-refractivity contribution in [3.63, 3.8) is 0 Å². The van der Waals surface area contributed by atoms with Crippen molar-refractivity contribution in [1.29, 1.82) is 0 Å². The Morgan fingerprint density at radius 3 is 1.40 bits per heavy atom. The fraction of sp³-hybridized carbons (Fsp3) is 0.724. The highest BCUT2D eigenvalue weighted by Gasteiger charge is 2.58. The van der Waals surface area contributed by atoms with E-state index in [1.807, 2.05) is 9.80 Å². The zero-order valence-electron chi connectivity index (χ0n) is 46.1. The van der Waals surface area contributed by atoms with Crippen molar-refractivity contribution in [1.82, 2.24) is 35.6 Å². The van der Waals surface area contributed by atoms with Crippen molar-refractivity contribution < 1.29 is 32.8 Å². The van der Waals surface area contributed by atoms with Crippen LogP contribution < -0.4 is 21.7 Å². The molecular formula is C58H92F2N8O5. The molecule has 5 N–H and O–H groups in total. The summed E-state index contributed by atoms with van der Waals surface area (Å²) in [5.41, 5.74) is 7.63. The molecule has 0 spiro atoms. The van der Waals surface area contributed by atoms with E-state index in [2.05, 4.69) is 95.2 Å². The van der Waals surface area contributed by atoms with E-state index in [0.717, 1.165) is 84.6 Å². The van der Waals surface area contributed by atoms with E-state index in [1.54, 1.807) is 18.2 Å². The van der Waals surface area contributed by atoms with Crippen LogP contribution in [0.5, 0.6) is 0 Å². The lowest BCUT2D eigenvalue weighted by atomic mass is 9.45. The van der Waals surface area contributed by atoms with Gasteiger partial charge in [0, 0.05) is 76.5 Å². The van der Waals surface area contributed by atoms with E-state index in [4.69, 9.17) is 15.3 Å². The van der Waals surface area contributed by atoms with E-state index in [0.29, 0.717) is 58.4 Å². The number of halogens is 2. The number of fused-ring (bicyclic) bond motifs is 2. The molecule has 0 radical (unpaired) electrons. The Labute approximate surface area is 436 Å². The maximum absolute atomic E-state index is 13.2. The molecular weight excluding hydrogens is 927 g/mol. The largest absolute Gasteiger partial charge is 0.373 e. The summed E-state index contributed by atoms with van der Waals surface area (Å²) in [4.78, 5) is 63.6. The molecule has 10 atom stereocenters. The Morgan fingerprint density at radius 1 is 0.616 bits per heavy atom. The summed E-state index contributed by atoms with van der Waals surface area (Å²) in [6.45, 7) is 27.6. The number of likely N-dealkylation sites (N-methyl/N-ethyl adjacent to an activating group) is 2. The summed E-state index contributed by atoms with van der Waals surface area (Å²) in [6.07, 6.45) is 11.9. The van der Waals surface area contributed by atoms with Crippen LogP contribution in [0.3, 0.4) is 0 Å². The molecule has 73 heavy (non-hydrogen) atoms. The van der Waals surface area contributed by atoms with Crippen LogP contribution in [0.15, 0.2) is 54.6 Å². The molecule has 6 fully saturated rings. The summed E-state index contributed by atoms with van der Waals surface area (Å²) >= 11 is 0. The second kappa shape index (κ2) is 26.4. The molecule has 4 saturated carbocycles. The second-order valence-corrected chi connectivity index (χ2v) is 24.4. The van der Waals surface area contributed by atoms with Crippen molar-refractivity contribution in [2.45, 2.75) is 132 Å². The van der Waals surface area contributed by atoms with Gasteiger partial charge in [0.15, 0.2) is 0 Å². The molecule has 0 aromatic heterocycles. The summed E-state index contributed by atoms with van der Waals surface area (Å²) in [6, 6.07) is 14.2. The lowest BCUT2D eigenvalue weighted by molar-refractivity contribution is -0.191. The second-order valence-electron chi connectivity index (χ2n) is 24.4. The van der Waals surface area contributed by atoms with Crippen LogP contribution in [-0.4, -0.2) is 135 Å². The number of hydrogen-bond donors (Lipinski definition) is 4. The van der Waals surface area contributed by atoms with Gasteiger partial charge in [-0.15, -0.1) is 0 Å². The monoisotopic (exact) mass is 1020 g/mol. The quantitative estimate of drug-likeness (QED) is 0.204. The minimum atomic E-state index is -0.342. The maximum Gasteiger partial charge on any atom is 0.373 e. The number of carbonyl (C=O) groups excluding carboxylic acids is 5. The predicted molar refractivity (Wildman–Crippen MR) is 284 cm³/mol. The number of carbonyl (C=O) groups is 3. The van der Waals surface area contributed by atoms with Gasteiger partial charge in [-0.1, -0.05) is 86.4 Å². The first-order valence-electron chi connectivity index (χ1n) is 27.4. The molecule has 13 nitrogen and oxygen atoms in total. The molecule has 408 valence electrons. The van der Waals surface area contributed by atoms with Crippen molar-refractivity contribution in [3.05, 3.63) is 71.8 Å². The van der Waals surface area contributed by atoms with Crippen LogP contribution in [0.2, 0.25) is 0 Å². The number of hydrogen-bond acceptors (Lipinski definition) is 8. The minimum absolute atomic E-state index is 0.0699. The Morgan fingerprint density at radius 2 is 1.01 bits per heavy atom. The van der Waals surface area contributed by atoms with E-state index in [9.17, 15) is 23.2 Å². The minimum Gasteiger partial charge on any atom is -0.352 e. The molecule has 2 unspecified atom stereocenters. The first-order valence-corrected chi connectivity index (χ1v) is 27.4. The van der Waals surface area contributed by atoms with Crippen molar-refractivity contribution >= 4 is 24.1 Å². The van der Waals surface area contributed by atoms with Crippen LogP contribution in [0, 0.1) is 68.8 Å². The van der Waals surface area contributed by atoms with Gasteiger partial charge in [0.25, 0.3) is 5.91 Å². The van der Waals surface area contributed by atoms with Crippen LogP contribution in [0.25, 0.3) is 0 Å². The molecule has 2 saturated heterocycles. The smallest absolute Gasteiger partial charge is 0.352 e. The number of amides is 5. The molecule has 0 bridgehead atoms. The molecule has 5 amide bonds. The Bertz CT molecular complexity index is 2090. The van der Waals surface area contributed by atoms with Gasteiger partial charge < -0.3 is 41.3 Å². The highest BCUT2D eigenvalue weighted by Crippen LogP contribution is 2.63. The number of nitrogens with zero attached hydrogens (tertiary/aromatic N) is 4. The first-order chi connectivity index (χ1) is 34.5. The molecule has 2 aromatic carbocycles. The Balaban J connectivity index is 0.000000233. The lowest BCUT2D eigenvalue weighted by Crippen LogP contribution is -2.61. The third kappa shape index (κ3) is 15.1. The maximum atomic E-state index is 13.2. The number of urea groups is 2. The van der Waals surface area contributed by atoms with Gasteiger partial charge in [0.05, 0.1) is 0 Å².